The van der Waals surface area contributed by atoms with Gasteiger partial charge < -0.3 is 24.7 Å². The van der Waals surface area contributed by atoms with E-state index in [0.717, 1.165) is 65.6 Å². The monoisotopic (exact) mass is 531 g/mol. The van der Waals surface area contributed by atoms with Crippen molar-refractivity contribution < 1.29 is 14.7 Å². The quantitative estimate of drug-likeness (QED) is 0.207. The lowest BCUT2D eigenvalue weighted by Crippen LogP contribution is -2.44. The Morgan fingerprint density at radius 3 is 2.51 bits per heavy atom. The lowest BCUT2D eigenvalue weighted by Gasteiger charge is -2.42. The molecule has 3 aromatic rings. The molecule has 3 heterocycles. The molecule has 2 aromatic heterocycles. The molecular formula is C31H41N5O3. The number of pyridine rings is 1. The van der Waals surface area contributed by atoms with Crippen molar-refractivity contribution in [1.29, 1.82) is 0 Å². The summed E-state index contributed by atoms with van der Waals surface area (Å²) in [6.45, 7) is 7.30. The molecule has 1 aliphatic heterocycles. The number of aromatic nitrogens is 2. The molecule has 1 saturated carbocycles. The summed E-state index contributed by atoms with van der Waals surface area (Å²) < 4.78 is 7.71. The molecule has 2 N–H and O–H groups in total. The number of fused-ring (bicyclic) bond motifs is 1. The van der Waals surface area contributed by atoms with Crippen LogP contribution in [0.25, 0.3) is 11.0 Å². The number of carbonyl (C=O) groups is 1. The van der Waals surface area contributed by atoms with E-state index in [0.29, 0.717) is 6.04 Å². The molecule has 0 spiro atoms. The number of alkyl carbamates (subject to hydrolysis) is 1. The van der Waals surface area contributed by atoms with Gasteiger partial charge in [-0.2, -0.15) is 0 Å². The second-order valence-corrected chi connectivity index (χ2v) is 11.3. The zero-order valence-corrected chi connectivity index (χ0v) is 23.1. The first-order valence-corrected chi connectivity index (χ1v) is 14.4. The van der Waals surface area contributed by atoms with E-state index < -0.39 is 6.09 Å². The van der Waals surface area contributed by atoms with Crippen molar-refractivity contribution in [2.24, 2.45) is 17.0 Å². The van der Waals surface area contributed by atoms with E-state index in [4.69, 9.17) is 9.72 Å². The minimum Gasteiger partial charge on any atom is -0.445 e. The van der Waals surface area contributed by atoms with E-state index in [9.17, 15) is 10.0 Å². The van der Waals surface area contributed by atoms with Crippen LogP contribution in [0, 0.1) is 11.8 Å². The molecule has 208 valence electrons. The molecule has 0 bridgehead atoms. The largest absolute Gasteiger partial charge is 0.445 e. The maximum absolute atomic E-state index is 12.6. The van der Waals surface area contributed by atoms with Crippen LogP contribution >= 0.6 is 0 Å². The summed E-state index contributed by atoms with van der Waals surface area (Å²) >= 11 is 0. The Balaban J connectivity index is 1.30. The predicted octanol–water partition coefficient (Wildman–Crippen LogP) is 6.12. The van der Waals surface area contributed by atoms with Crippen LogP contribution in [0.5, 0.6) is 0 Å². The molecule has 8 nitrogen and oxygen atoms in total. The zero-order chi connectivity index (χ0) is 27.2. The molecule has 1 aliphatic carbocycles. The highest BCUT2D eigenvalue weighted by Gasteiger charge is 2.32. The number of piperidine rings is 1. The number of rotatable bonds is 8. The van der Waals surface area contributed by atoms with E-state index >= 15 is 0 Å². The first-order chi connectivity index (χ1) is 19.0. The van der Waals surface area contributed by atoms with Crippen LogP contribution in [-0.4, -0.2) is 51.1 Å². The minimum atomic E-state index is -0.484. The Morgan fingerprint density at radius 2 is 1.82 bits per heavy atom. The van der Waals surface area contributed by atoms with Gasteiger partial charge >= 0.3 is 6.09 Å². The van der Waals surface area contributed by atoms with Crippen LogP contribution in [0.1, 0.15) is 75.2 Å². The molecule has 2 aliphatic rings. The highest BCUT2D eigenvalue weighted by atomic mass is 16.5. The molecule has 8 heteroatoms. The van der Waals surface area contributed by atoms with E-state index in [1.807, 2.05) is 42.5 Å². The Kier molecular flexibility index (Phi) is 8.81. The zero-order valence-electron chi connectivity index (χ0n) is 23.1. The van der Waals surface area contributed by atoms with Gasteiger partial charge in [-0.25, -0.2) is 9.78 Å². The van der Waals surface area contributed by atoms with Gasteiger partial charge in [0.2, 0.25) is 0 Å². The maximum Gasteiger partial charge on any atom is 0.407 e. The van der Waals surface area contributed by atoms with Gasteiger partial charge in [-0.15, -0.1) is 0 Å². The molecule has 0 unspecified atom stereocenters. The van der Waals surface area contributed by atoms with Crippen LogP contribution in [0.15, 0.2) is 53.8 Å². The van der Waals surface area contributed by atoms with E-state index in [-0.39, 0.29) is 19.2 Å². The van der Waals surface area contributed by atoms with Crippen LogP contribution in [0.3, 0.4) is 0 Å². The second-order valence-electron chi connectivity index (χ2n) is 11.3. The average molecular weight is 532 g/mol. The van der Waals surface area contributed by atoms with Gasteiger partial charge in [0.25, 0.3) is 0 Å². The molecule has 0 radical (unpaired) electrons. The highest BCUT2D eigenvalue weighted by Crippen LogP contribution is 2.36. The van der Waals surface area contributed by atoms with Gasteiger partial charge in [0.15, 0.2) is 0 Å². The number of hydrogen-bond donors (Lipinski definition) is 2. The summed E-state index contributed by atoms with van der Waals surface area (Å²) in [5.74, 6) is 1.66. The summed E-state index contributed by atoms with van der Waals surface area (Å²) in [7, 11) is 0. The molecule has 0 atom stereocenters. The normalized spacial score (nSPS) is 21.1. The van der Waals surface area contributed by atoms with E-state index in [1.165, 1.54) is 31.9 Å². The number of benzene rings is 1. The molecule has 39 heavy (non-hydrogen) atoms. The second kappa shape index (κ2) is 12.6. The third-order valence-corrected chi connectivity index (χ3v) is 8.77. The van der Waals surface area contributed by atoms with Crippen molar-refractivity contribution in [3.63, 3.8) is 0 Å². The fourth-order valence-corrected chi connectivity index (χ4v) is 6.56. The lowest BCUT2D eigenvalue weighted by molar-refractivity contribution is 0.0887. The topological polar surface area (TPSA) is 92.0 Å². The molecule has 1 aromatic carbocycles. The Bertz CT molecular complexity index is 1260. The highest BCUT2D eigenvalue weighted by molar-refractivity contribution is 5.99. The van der Waals surface area contributed by atoms with Gasteiger partial charge in [-0.3, -0.25) is 0 Å². The fraction of sp³-hybridized carbons (Fsp3) is 0.516. The van der Waals surface area contributed by atoms with Gasteiger partial charge in [0, 0.05) is 48.0 Å². The van der Waals surface area contributed by atoms with Gasteiger partial charge in [-0.1, -0.05) is 49.3 Å². The Hall–Kier alpha value is -3.39. The molecule has 1 saturated heterocycles. The number of oxime groups is 1. The molecule has 5 rings (SSSR count). The van der Waals surface area contributed by atoms with Crippen LogP contribution in [0.2, 0.25) is 0 Å². The average Bonchev–Trinajstić information content (AvgIpc) is 3.29. The molecule has 1 amide bonds. The first-order valence-electron chi connectivity index (χ1n) is 14.4. The van der Waals surface area contributed by atoms with Gasteiger partial charge in [-0.05, 0) is 68.1 Å². The summed E-state index contributed by atoms with van der Waals surface area (Å²) in [4.78, 5) is 20.0. The van der Waals surface area contributed by atoms with Crippen LogP contribution in [-0.2, 0) is 17.9 Å². The number of ether oxygens (including phenoxy) is 1. The summed E-state index contributed by atoms with van der Waals surface area (Å²) in [5, 5.41) is 16.6. The number of hydrogen-bond acceptors (Lipinski definition) is 6. The minimum absolute atomic E-state index is 0.208. The fourth-order valence-electron chi connectivity index (χ4n) is 6.56. The maximum atomic E-state index is 12.6. The van der Waals surface area contributed by atoms with Crippen molar-refractivity contribution >= 4 is 23.3 Å². The summed E-state index contributed by atoms with van der Waals surface area (Å²) in [5.41, 5.74) is 3.45. The Morgan fingerprint density at radius 1 is 1.08 bits per heavy atom. The van der Waals surface area contributed by atoms with Crippen molar-refractivity contribution in [3.8, 4) is 0 Å². The summed E-state index contributed by atoms with van der Waals surface area (Å²) in [6, 6.07) is 14.5. The van der Waals surface area contributed by atoms with Crippen molar-refractivity contribution in [2.45, 2.75) is 77.6 Å². The van der Waals surface area contributed by atoms with Gasteiger partial charge in [0.1, 0.15) is 12.3 Å². The first kappa shape index (κ1) is 27.2. The SMILES string of the molecule is CC(C)C1CCC(N2CCC(n3c(CNC(=O)OCc4ccccc4)c(/C=N\O)c4cccnc43)CC2)CC1. The number of nitrogens with zero attached hydrogens (tertiary/aromatic N) is 4. The van der Waals surface area contributed by atoms with Crippen molar-refractivity contribution in [2.75, 3.05) is 13.1 Å². The summed E-state index contributed by atoms with van der Waals surface area (Å²) in [6.07, 6.45) is 10.1. The van der Waals surface area contributed by atoms with Crippen LogP contribution in [0.4, 0.5) is 4.79 Å². The van der Waals surface area contributed by atoms with E-state index in [2.05, 4.69) is 33.8 Å². The smallest absolute Gasteiger partial charge is 0.407 e. The van der Waals surface area contributed by atoms with Crippen molar-refractivity contribution in [1.82, 2.24) is 19.8 Å². The number of nitrogens with one attached hydrogen (secondary N) is 1. The number of carbonyl (C=O) groups excluding carboxylic acids is 1. The van der Waals surface area contributed by atoms with E-state index in [1.54, 1.807) is 6.20 Å². The lowest BCUT2D eigenvalue weighted by atomic mass is 9.79. The standard InChI is InChI=1S/C31H41N5O3/c1-22(2)24-10-12-25(13-11-24)35-17-14-26(15-18-35)36-29(28(19-34-38)27-9-6-16-32-30(27)36)20-33-31(37)39-21-23-7-4-3-5-8-23/h3-9,16,19,22,24-26,38H,10-15,17-18,20-21H2,1-2H3,(H,33,37)/b34-19-. The molecular weight excluding hydrogens is 490 g/mol. The molecule has 2 fully saturated rings. The van der Waals surface area contributed by atoms with Gasteiger partial charge in [0.05, 0.1) is 12.8 Å². The predicted molar refractivity (Wildman–Crippen MR) is 153 cm³/mol. The van der Waals surface area contributed by atoms with Crippen LogP contribution < -0.4 is 5.32 Å². The third kappa shape index (κ3) is 6.27. The Labute approximate surface area is 231 Å². The number of amides is 1. The third-order valence-electron chi connectivity index (χ3n) is 8.77. The number of likely N-dealkylation sites (tertiary alicyclic amines) is 1. The van der Waals surface area contributed by atoms with Crippen molar-refractivity contribution in [3.05, 3.63) is 65.5 Å².